The molecule has 0 radical (unpaired) electrons. The smallest absolute Gasteiger partial charge is 0.180 e. The van der Waals surface area contributed by atoms with Gasteiger partial charge in [-0.2, -0.15) is 0 Å². The first-order valence-electron chi connectivity index (χ1n) is 9.22. The van der Waals surface area contributed by atoms with Gasteiger partial charge in [-0.05, 0) is 25.3 Å². The Morgan fingerprint density at radius 2 is 2.11 bits per heavy atom. The van der Waals surface area contributed by atoms with Gasteiger partial charge in [0.2, 0.25) is 0 Å². The second-order valence-corrected chi connectivity index (χ2v) is 7.40. The van der Waals surface area contributed by atoms with Gasteiger partial charge in [0.05, 0.1) is 24.1 Å². The molecule has 0 aliphatic carbocycles. The fourth-order valence-electron chi connectivity index (χ4n) is 4.34. The Morgan fingerprint density at radius 3 is 2.93 bits per heavy atom. The third-order valence-corrected chi connectivity index (χ3v) is 5.86. The number of rotatable bonds is 3. The molecule has 3 aromatic heterocycles. The molecule has 0 spiro atoms. The topological polar surface area (TPSA) is 78.6 Å². The van der Waals surface area contributed by atoms with Crippen LogP contribution in [0.25, 0.3) is 16.9 Å². The number of pyridine rings is 1. The summed E-state index contributed by atoms with van der Waals surface area (Å²) in [6.45, 7) is 0. The third-order valence-electron chi connectivity index (χ3n) is 5.86. The standard InChI is InChI=1S/C19H21FN6O/c1-25(15-8-11-2-3-13(24-11)17(15)20)16-10-22-14(9-23-16)12-4-6-26-7-5-21-19(26)18(12)27/h4-7,9-11,13,15,17,24,27H,2-3,8H2,1H3/t11?,13?,15-,17+/m1/s1. The van der Waals surface area contributed by atoms with Crippen LogP contribution in [-0.2, 0) is 0 Å². The number of hydrogen-bond donors (Lipinski definition) is 2. The van der Waals surface area contributed by atoms with E-state index in [0.29, 0.717) is 28.8 Å². The Kier molecular flexibility index (Phi) is 3.75. The van der Waals surface area contributed by atoms with Crippen molar-refractivity contribution in [2.45, 2.75) is 43.6 Å². The first-order chi connectivity index (χ1) is 13.1. The van der Waals surface area contributed by atoms with Crippen LogP contribution in [-0.4, -0.2) is 55.8 Å². The molecule has 8 heteroatoms. The second kappa shape index (κ2) is 6.16. The number of aromatic nitrogens is 4. The minimum atomic E-state index is -0.915. The molecule has 5 heterocycles. The molecule has 0 aromatic carbocycles. The van der Waals surface area contributed by atoms with E-state index in [1.807, 2.05) is 18.1 Å². The summed E-state index contributed by atoms with van der Waals surface area (Å²) >= 11 is 0. The highest BCUT2D eigenvalue weighted by molar-refractivity contribution is 5.74. The van der Waals surface area contributed by atoms with Crippen LogP contribution in [0, 0.1) is 0 Å². The van der Waals surface area contributed by atoms with Crippen LogP contribution >= 0.6 is 0 Å². The molecule has 2 fully saturated rings. The van der Waals surface area contributed by atoms with E-state index >= 15 is 0 Å². The van der Waals surface area contributed by atoms with Crippen LogP contribution in [0.5, 0.6) is 5.75 Å². The quantitative estimate of drug-likeness (QED) is 0.738. The summed E-state index contributed by atoms with van der Waals surface area (Å²) in [6.07, 6.45) is 10.3. The number of halogens is 1. The maximum atomic E-state index is 14.8. The van der Waals surface area contributed by atoms with Crippen LogP contribution in [0.4, 0.5) is 10.2 Å². The van der Waals surface area contributed by atoms with Gasteiger partial charge < -0.3 is 19.7 Å². The van der Waals surface area contributed by atoms with Crippen molar-refractivity contribution in [3.8, 4) is 17.0 Å². The fourth-order valence-corrected chi connectivity index (χ4v) is 4.34. The monoisotopic (exact) mass is 368 g/mol. The van der Waals surface area contributed by atoms with Crippen LogP contribution < -0.4 is 10.2 Å². The van der Waals surface area contributed by atoms with Gasteiger partial charge in [0.1, 0.15) is 12.0 Å². The Labute approximate surface area is 155 Å². The highest BCUT2D eigenvalue weighted by atomic mass is 19.1. The van der Waals surface area contributed by atoms with Gasteiger partial charge in [-0.15, -0.1) is 0 Å². The Morgan fingerprint density at radius 1 is 1.22 bits per heavy atom. The molecule has 0 amide bonds. The molecule has 2 N–H and O–H groups in total. The van der Waals surface area contributed by atoms with Crippen LogP contribution in [0.3, 0.4) is 0 Å². The zero-order chi connectivity index (χ0) is 18.5. The Hall–Kier alpha value is -2.74. The van der Waals surface area contributed by atoms with Crippen molar-refractivity contribution in [3.05, 3.63) is 37.1 Å². The number of alkyl halides is 1. The molecule has 2 aliphatic rings. The average Bonchev–Trinajstić information content (AvgIpc) is 3.33. The minimum Gasteiger partial charge on any atom is -0.504 e. The van der Waals surface area contributed by atoms with E-state index in [1.54, 1.807) is 35.3 Å². The zero-order valence-electron chi connectivity index (χ0n) is 15.0. The molecule has 140 valence electrons. The van der Waals surface area contributed by atoms with Crippen molar-refractivity contribution < 1.29 is 9.50 Å². The number of hydrogen-bond acceptors (Lipinski definition) is 6. The molecule has 2 bridgehead atoms. The van der Waals surface area contributed by atoms with Gasteiger partial charge in [0.15, 0.2) is 11.4 Å². The van der Waals surface area contributed by atoms with Crippen molar-refractivity contribution in [3.63, 3.8) is 0 Å². The Bertz CT molecular complexity index is 974. The molecular weight excluding hydrogens is 347 g/mol. The molecular formula is C19H21FN6O. The third kappa shape index (κ3) is 2.63. The van der Waals surface area contributed by atoms with Crippen molar-refractivity contribution in [1.82, 2.24) is 24.7 Å². The van der Waals surface area contributed by atoms with Crippen molar-refractivity contribution in [1.29, 1.82) is 0 Å². The number of aromatic hydroxyl groups is 1. The lowest BCUT2D eigenvalue weighted by Gasteiger charge is -2.38. The van der Waals surface area contributed by atoms with Gasteiger partial charge >= 0.3 is 0 Å². The van der Waals surface area contributed by atoms with E-state index in [4.69, 9.17) is 0 Å². The van der Waals surface area contributed by atoms with Crippen LogP contribution in [0.15, 0.2) is 37.1 Å². The second-order valence-electron chi connectivity index (χ2n) is 7.40. The average molecular weight is 368 g/mol. The Balaban J connectivity index is 1.42. The minimum absolute atomic E-state index is 0.0540. The predicted molar refractivity (Wildman–Crippen MR) is 99.5 cm³/mol. The first-order valence-corrected chi connectivity index (χ1v) is 9.22. The van der Waals surface area contributed by atoms with E-state index in [0.717, 1.165) is 19.3 Å². The lowest BCUT2D eigenvalue weighted by Crippen LogP contribution is -2.55. The molecule has 2 unspecified atom stereocenters. The number of imidazole rings is 1. The van der Waals surface area contributed by atoms with Gasteiger partial charge in [0.25, 0.3) is 0 Å². The SMILES string of the molecule is CN(c1cnc(-c2ccn3ccnc3c2O)cn1)[C@@H]1CC2CCC(N2)[C@@H]1F. The molecule has 2 aliphatic heterocycles. The number of nitrogens with zero attached hydrogens (tertiary/aromatic N) is 5. The van der Waals surface area contributed by atoms with E-state index < -0.39 is 6.17 Å². The number of fused-ring (bicyclic) bond motifs is 3. The van der Waals surface area contributed by atoms with Crippen molar-refractivity contribution >= 4 is 11.5 Å². The summed E-state index contributed by atoms with van der Waals surface area (Å²) in [5.41, 5.74) is 1.59. The lowest BCUT2D eigenvalue weighted by molar-refractivity contribution is 0.176. The van der Waals surface area contributed by atoms with E-state index in [-0.39, 0.29) is 17.8 Å². The fraction of sp³-hybridized carbons (Fsp3) is 0.421. The molecule has 3 aromatic rings. The highest BCUT2D eigenvalue weighted by Gasteiger charge is 2.43. The number of nitrogens with one attached hydrogen (secondary N) is 1. The predicted octanol–water partition coefficient (Wildman–Crippen LogP) is 2.16. The van der Waals surface area contributed by atoms with Crippen LogP contribution in [0.1, 0.15) is 19.3 Å². The summed E-state index contributed by atoms with van der Waals surface area (Å²) < 4.78 is 16.5. The normalized spacial score (nSPS) is 27.2. The molecule has 5 rings (SSSR count). The number of piperidine rings is 1. The van der Waals surface area contributed by atoms with Gasteiger partial charge in [0, 0.05) is 43.3 Å². The summed E-state index contributed by atoms with van der Waals surface area (Å²) in [5, 5.41) is 13.8. The number of anilines is 1. The van der Waals surface area contributed by atoms with Crippen LogP contribution in [0.2, 0.25) is 0 Å². The van der Waals surface area contributed by atoms with Gasteiger partial charge in [-0.3, -0.25) is 4.98 Å². The van der Waals surface area contributed by atoms with Crippen molar-refractivity contribution in [2.75, 3.05) is 11.9 Å². The largest absolute Gasteiger partial charge is 0.504 e. The summed E-state index contributed by atoms with van der Waals surface area (Å²) in [7, 11) is 1.87. The van der Waals surface area contributed by atoms with Crippen molar-refractivity contribution in [2.24, 2.45) is 0 Å². The highest BCUT2D eigenvalue weighted by Crippen LogP contribution is 2.34. The molecule has 27 heavy (non-hydrogen) atoms. The molecule has 7 nitrogen and oxygen atoms in total. The zero-order valence-corrected chi connectivity index (χ0v) is 15.0. The maximum absolute atomic E-state index is 14.8. The van der Waals surface area contributed by atoms with Gasteiger partial charge in [-0.25, -0.2) is 14.4 Å². The summed E-state index contributed by atoms with van der Waals surface area (Å²) in [6, 6.07) is 1.92. The maximum Gasteiger partial charge on any atom is 0.180 e. The van der Waals surface area contributed by atoms with Gasteiger partial charge in [-0.1, -0.05) is 0 Å². The first kappa shape index (κ1) is 16.4. The lowest BCUT2D eigenvalue weighted by atomic mass is 9.96. The van der Waals surface area contributed by atoms with E-state index in [1.165, 1.54) is 0 Å². The molecule has 2 saturated heterocycles. The molecule has 4 atom stereocenters. The summed E-state index contributed by atoms with van der Waals surface area (Å²) in [4.78, 5) is 15.0. The molecule has 0 saturated carbocycles. The summed E-state index contributed by atoms with van der Waals surface area (Å²) in [5.74, 6) is 0.700. The van der Waals surface area contributed by atoms with E-state index in [9.17, 15) is 9.50 Å². The van der Waals surface area contributed by atoms with E-state index in [2.05, 4.69) is 20.3 Å².